The van der Waals surface area contributed by atoms with E-state index in [9.17, 15) is 0 Å². The smallest absolute Gasteiger partial charge is 0.131 e. The number of rotatable bonds is 5. The van der Waals surface area contributed by atoms with Crippen LogP contribution in [0.15, 0.2) is 174 Å². The van der Waals surface area contributed by atoms with E-state index in [2.05, 4.69) is 177 Å². The zero-order valence-corrected chi connectivity index (χ0v) is 27.5. The van der Waals surface area contributed by atoms with Gasteiger partial charge in [0.25, 0.3) is 0 Å². The van der Waals surface area contributed by atoms with Gasteiger partial charge in [0.2, 0.25) is 0 Å². The van der Waals surface area contributed by atoms with Crippen LogP contribution in [-0.2, 0) is 0 Å². The summed E-state index contributed by atoms with van der Waals surface area (Å²) in [5, 5.41) is 16.2. The van der Waals surface area contributed by atoms with Gasteiger partial charge in [-0.2, -0.15) is 0 Å². The Balaban J connectivity index is 1.07. The summed E-state index contributed by atoms with van der Waals surface area (Å²) in [4.78, 5) is 5.18. The van der Waals surface area contributed by atoms with E-state index in [-0.39, 0.29) is 18.5 Å². The van der Waals surface area contributed by atoms with E-state index in [1.54, 1.807) is 0 Å². The quantitative estimate of drug-likeness (QED) is 0.175. The predicted molar refractivity (Wildman–Crippen MR) is 206 cm³/mol. The van der Waals surface area contributed by atoms with Crippen LogP contribution in [-0.4, -0.2) is 27.3 Å². The Kier molecular flexibility index (Phi) is 6.81. The molecule has 5 aromatic carbocycles. The molecule has 2 aliphatic heterocycles. The van der Waals surface area contributed by atoms with E-state index in [0.717, 1.165) is 35.5 Å². The fourth-order valence-corrected chi connectivity index (χ4v) is 7.93. The third-order valence-electron chi connectivity index (χ3n) is 10.3. The van der Waals surface area contributed by atoms with Crippen LogP contribution in [0.3, 0.4) is 0 Å². The second-order valence-corrected chi connectivity index (χ2v) is 13.3. The van der Waals surface area contributed by atoms with Crippen LogP contribution in [0, 0.1) is 0 Å². The lowest BCUT2D eigenvalue weighted by Gasteiger charge is -2.34. The first-order valence-corrected chi connectivity index (χ1v) is 17.5. The van der Waals surface area contributed by atoms with Crippen LogP contribution >= 0.6 is 0 Å². The molecule has 3 N–H and O–H groups in total. The molecule has 3 aliphatic rings. The Morgan fingerprint density at radius 2 is 1.34 bits per heavy atom. The highest BCUT2D eigenvalue weighted by Crippen LogP contribution is 2.39. The number of aromatic nitrogens is 2. The average Bonchev–Trinajstić information content (AvgIpc) is 3.70. The molecule has 50 heavy (non-hydrogen) atoms. The monoisotopic (exact) mass is 648 g/mol. The molecule has 1 aliphatic carbocycles. The summed E-state index contributed by atoms with van der Waals surface area (Å²) >= 11 is 0. The van der Waals surface area contributed by atoms with Crippen molar-refractivity contribution in [2.24, 2.45) is 4.99 Å². The number of nitrogens with one attached hydrogen (secondary N) is 3. The highest BCUT2D eigenvalue weighted by Gasteiger charge is 2.28. The van der Waals surface area contributed by atoms with Crippen LogP contribution in [0.25, 0.3) is 49.3 Å². The number of benzene rings is 5. The summed E-state index contributed by atoms with van der Waals surface area (Å²) in [6, 6.07) is 43.4. The first-order valence-electron chi connectivity index (χ1n) is 17.5. The topological polar surface area (TPSA) is 58.3 Å². The summed E-state index contributed by atoms with van der Waals surface area (Å²) in [5.41, 5.74) is 9.39. The van der Waals surface area contributed by atoms with Gasteiger partial charge in [-0.05, 0) is 60.9 Å². The molecule has 242 valence electrons. The van der Waals surface area contributed by atoms with Crippen LogP contribution in [0.5, 0.6) is 0 Å². The van der Waals surface area contributed by atoms with E-state index in [4.69, 9.17) is 4.99 Å². The van der Waals surface area contributed by atoms with Gasteiger partial charge in [0, 0.05) is 44.6 Å². The van der Waals surface area contributed by atoms with Crippen molar-refractivity contribution in [1.29, 1.82) is 0 Å². The molecule has 3 atom stereocenters. The predicted octanol–water partition coefficient (Wildman–Crippen LogP) is 9.00. The lowest BCUT2D eigenvalue weighted by Crippen LogP contribution is -2.55. The third-order valence-corrected chi connectivity index (χ3v) is 10.3. The molecule has 3 unspecified atom stereocenters. The lowest BCUT2D eigenvalue weighted by atomic mass is 10.0. The molecule has 4 heterocycles. The molecular formula is C44H36N6. The SMILES string of the molecule is C1=CC(C2NC(c3ccccc3)=NC(C3=CNC(n4c5ccccc5c5cc6c7ccccc7n(-c7ccccc7)c6cc54)C=C3)N2)=CCC1. The maximum Gasteiger partial charge on any atom is 0.131 e. The van der Waals surface area contributed by atoms with Crippen molar-refractivity contribution in [3.05, 3.63) is 175 Å². The second kappa shape index (κ2) is 11.8. The summed E-state index contributed by atoms with van der Waals surface area (Å²) in [7, 11) is 0. The van der Waals surface area contributed by atoms with Crippen molar-refractivity contribution in [3.8, 4) is 5.69 Å². The van der Waals surface area contributed by atoms with Crippen LogP contribution in [0.1, 0.15) is 24.6 Å². The van der Waals surface area contributed by atoms with Crippen molar-refractivity contribution in [3.63, 3.8) is 0 Å². The number of dihydropyridines is 1. The number of allylic oxidation sites excluding steroid dienone is 2. The number of hydrogen-bond donors (Lipinski definition) is 3. The van der Waals surface area contributed by atoms with Crippen LogP contribution < -0.4 is 16.0 Å². The normalized spacial score (nSPS) is 20.5. The fraction of sp³-hybridized carbons (Fsp3) is 0.114. The third kappa shape index (κ3) is 4.71. The minimum absolute atomic E-state index is 0.0348. The molecule has 2 aromatic heterocycles. The van der Waals surface area contributed by atoms with Gasteiger partial charge in [0.1, 0.15) is 24.3 Å². The van der Waals surface area contributed by atoms with E-state index in [1.807, 2.05) is 6.07 Å². The van der Waals surface area contributed by atoms with Crippen LogP contribution in [0.4, 0.5) is 0 Å². The Morgan fingerprint density at radius 1 is 0.620 bits per heavy atom. The summed E-state index contributed by atoms with van der Waals surface area (Å²) in [6.45, 7) is 0. The average molecular weight is 649 g/mol. The molecule has 10 rings (SSSR count). The molecule has 0 amide bonds. The number of amidine groups is 1. The lowest BCUT2D eigenvalue weighted by molar-refractivity contribution is 0.462. The van der Waals surface area contributed by atoms with Crippen molar-refractivity contribution in [1.82, 2.24) is 25.1 Å². The van der Waals surface area contributed by atoms with Gasteiger partial charge in [0.15, 0.2) is 0 Å². The minimum atomic E-state index is -0.211. The first kappa shape index (κ1) is 28.9. The van der Waals surface area contributed by atoms with Gasteiger partial charge in [0.05, 0.1) is 22.1 Å². The van der Waals surface area contributed by atoms with Gasteiger partial charge >= 0.3 is 0 Å². The Labute approximate surface area is 290 Å². The second-order valence-electron chi connectivity index (χ2n) is 13.3. The minimum Gasteiger partial charge on any atom is -0.367 e. The molecular weight excluding hydrogens is 613 g/mol. The van der Waals surface area contributed by atoms with Gasteiger partial charge < -0.3 is 19.8 Å². The van der Waals surface area contributed by atoms with Crippen LogP contribution in [0.2, 0.25) is 0 Å². The number of para-hydroxylation sites is 3. The summed E-state index contributed by atoms with van der Waals surface area (Å²) in [5.74, 6) is 0.899. The standard InChI is InChI=1S/C44H36N6/c1-4-14-29(15-5-1)42-46-43(30-16-6-2-7-17-30)48-44(47-42)31-24-25-41(45-28-31)50-38-23-13-11-21-34(38)36-26-35-33-20-10-12-22-37(33)49(39(35)27-40(36)50)32-18-8-3-9-19-32/h1,3-6,8-28,41,43-45,48H,2,7H2,(H,46,47). The highest BCUT2D eigenvalue weighted by molar-refractivity contribution is 6.18. The molecule has 0 radical (unpaired) electrons. The zero-order chi connectivity index (χ0) is 33.0. The van der Waals surface area contributed by atoms with E-state index >= 15 is 0 Å². The fourth-order valence-electron chi connectivity index (χ4n) is 7.93. The maximum absolute atomic E-state index is 5.18. The van der Waals surface area contributed by atoms with Crippen molar-refractivity contribution < 1.29 is 0 Å². The zero-order valence-electron chi connectivity index (χ0n) is 27.5. The van der Waals surface area contributed by atoms with Crippen molar-refractivity contribution in [2.75, 3.05) is 0 Å². The van der Waals surface area contributed by atoms with E-state index in [1.165, 1.54) is 49.2 Å². The Bertz CT molecular complexity index is 2580. The van der Waals surface area contributed by atoms with E-state index in [0.29, 0.717) is 0 Å². The largest absolute Gasteiger partial charge is 0.367 e. The molecule has 0 spiro atoms. The molecule has 0 saturated carbocycles. The number of aliphatic imine (C=N–C) groups is 1. The molecule has 0 fully saturated rings. The van der Waals surface area contributed by atoms with Gasteiger partial charge in [-0.1, -0.05) is 109 Å². The summed E-state index contributed by atoms with van der Waals surface area (Å²) < 4.78 is 4.84. The number of nitrogens with zero attached hydrogens (tertiary/aromatic N) is 3. The number of hydrogen-bond acceptors (Lipinski definition) is 4. The molecule has 6 heteroatoms. The highest BCUT2D eigenvalue weighted by atomic mass is 15.3. The molecule has 7 aromatic rings. The number of fused-ring (bicyclic) bond motifs is 6. The van der Waals surface area contributed by atoms with E-state index < -0.39 is 0 Å². The molecule has 0 saturated heterocycles. The Hall–Kier alpha value is -6.11. The summed E-state index contributed by atoms with van der Waals surface area (Å²) in [6.07, 6.45) is 15.3. The molecule has 6 nitrogen and oxygen atoms in total. The first-order chi connectivity index (χ1) is 24.8. The van der Waals surface area contributed by atoms with Crippen molar-refractivity contribution >= 4 is 49.4 Å². The van der Waals surface area contributed by atoms with Gasteiger partial charge in [-0.15, -0.1) is 0 Å². The van der Waals surface area contributed by atoms with Crippen molar-refractivity contribution in [2.45, 2.75) is 31.3 Å². The molecule has 0 bridgehead atoms. The van der Waals surface area contributed by atoms with Gasteiger partial charge in [-0.3, -0.25) is 5.32 Å². The maximum atomic E-state index is 5.18. The Morgan fingerprint density at radius 3 is 2.10 bits per heavy atom. The van der Waals surface area contributed by atoms with Gasteiger partial charge in [-0.25, -0.2) is 4.99 Å².